The molecule has 5 heteroatoms. The van der Waals surface area contributed by atoms with E-state index in [4.69, 9.17) is 4.74 Å². The van der Waals surface area contributed by atoms with E-state index in [-0.39, 0.29) is 11.6 Å². The average molecular weight is 384 g/mol. The monoisotopic (exact) mass is 384 g/mol. The number of halogens is 1. The molecule has 0 aromatic heterocycles. The van der Waals surface area contributed by atoms with Gasteiger partial charge in [-0.15, -0.1) is 0 Å². The molecule has 1 heterocycles. The molecule has 1 aliphatic rings. The maximum atomic E-state index is 14.1. The van der Waals surface area contributed by atoms with Gasteiger partial charge in [0, 0.05) is 30.4 Å². The van der Waals surface area contributed by atoms with Crippen molar-refractivity contribution < 1.29 is 13.9 Å². The highest BCUT2D eigenvalue weighted by Crippen LogP contribution is 2.29. The first-order valence-electron chi connectivity index (χ1n) is 9.83. The number of methoxy groups -OCH3 is 1. The number of carbonyl (C=O) groups is 1. The molecule has 1 N–H and O–H groups in total. The summed E-state index contributed by atoms with van der Waals surface area (Å²) in [6.45, 7) is 7.24. The van der Waals surface area contributed by atoms with Gasteiger partial charge in [0.1, 0.15) is 5.82 Å². The number of rotatable bonds is 5. The van der Waals surface area contributed by atoms with E-state index < -0.39 is 11.8 Å². The van der Waals surface area contributed by atoms with Crippen LogP contribution in [0.1, 0.15) is 48.2 Å². The van der Waals surface area contributed by atoms with Crippen LogP contribution in [0.5, 0.6) is 0 Å². The van der Waals surface area contributed by atoms with Crippen molar-refractivity contribution in [2.75, 3.05) is 12.4 Å². The van der Waals surface area contributed by atoms with Gasteiger partial charge in [-0.1, -0.05) is 30.3 Å². The number of carbonyl (C=O) groups excluding carboxylic acids is 1. The van der Waals surface area contributed by atoms with Crippen LogP contribution in [0.25, 0.3) is 0 Å². The van der Waals surface area contributed by atoms with Gasteiger partial charge in [0.25, 0.3) is 0 Å². The molecule has 0 unspecified atom stereocenters. The largest absolute Gasteiger partial charge is 0.465 e. The van der Waals surface area contributed by atoms with Crippen molar-refractivity contribution in [2.24, 2.45) is 0 Å². The topological polar surface area (TPSA) is 41.6 Å². The van der Waals surface area contributed by atoms with Crippen molar-refractivity contribution in [3.63, 3.8) is 0 Å². The molecule has 150 valence electrons. The van der Waals surface area contributed by atoms with E-state index >= 15 is 0 Å². The molecule has 1 fully saturated rings. The van der Waals surface area contributed by atoms with Gasteiger partial charge < -0.3 is 10.1 Å². The quantitative estimate of drug-likeness (QED) is 0.754. The molecule has 2 atom stereocenters. The van der Waals surface area contributed by atoms with E-state index in [1.54, 1.807) is 0 Å². The van der Waals surface area contributed by atoms with Crippen LogP contribution in [0.3, 0.4) is 0 Å². The van der Waals surface area contributed by atoms with E-state index in [0.717, 1.165) is 24.9 Å². The number of hydrogen-bond acceptors (Lipinski definition) is 4. The summed E-state index contributed by atoms with van der Waals surface area (Å²) < 4.78 is 18.8. The number of ether oxygens (including phenoxy) is 1. The third kappa shape index (κ3) is 4.53. The minimum Gasteiger partial charge on any atom is -0.465 e. The number of benzene rings is 2. The highest BCUT2D eigenvalue weighted by atomic mass is 19.1. The molecule has 0 saturated carbocycles. The molecule has 0 radical (unpaired) electrons. The second-order valence-corrected chi connectivity index (χ2v) is 7.79. The fraction of sp³-hybridized carbons (Fsp3) is 0.435. The summed E-state index contributed by atoms with van der Waals surface area (Å²) in [7, 11) is 1.31. The minimum absolute atomic E-state index is 0.225. The molecule has 2 aromatic rings. The standard InChI is InChI=1S/C23H29FN2O2/c1-15-10-20(11-16(2)26(15)14-18-8-6-5-7-9-18)25-22-13-19(24)12-21(17(22)3)23(27)28-4/h5-9,12-13,15-16,20,25H,10-11,14H2,1-4H3/t15-,16-/m1/s1. The minimum atomic E-state index is -0.514. The molecule has 0 spiro atoms. The Labute approximate surface area is 166 Å². The lowest BCUT2D eigenvalue weighted by Crippen LogP contribution is -2.49. The van der Waals surface area contributed by atoms with Crippen molar-refractivity contribution in [3.8, 4) is 0 Å². The lowest BCUT2D eigenvalue weighted by molar-refractivity contribution is 0.0599. The molecule has 0 aliphatic carbocycles. The third-order valence-electron chi connectivity index (χ3n) is 5.73. The Bertz CT molecular complexity index is 813. The highest BCUT2D eigenvalue weighted by molar-refractivity contribution is 5.92. The van der Waals surface area contributed by atoms with Crippen LogP contribution in [-0.2, 0) is 11.3 Å². The van der Waals surface area contributed by atoms with Crippen LogP contribution in [0.2, 0.25) is 0 Å². The average Bonchev–Trinajstić information content (AvgIpc) is 2.67. The van der Waals surface area contributed by atoms with Gasteiger partial charge in [-0.2, -0.15) is 0 Å². The molecule has 4 nitrogen and oxygen atoms in total. The molecule has 2 aromatic carbocycles. The summed E-state index contributed by atoms with van der Waals surface area (Å²) in [5.74, 6) is -0.949. The van der Waals surface area contributed by atoms with Gasteiger partial charge in [0.2, 0.25) is 0 Å². The molecule has 1 saturated heterocycles. The lowest BCUT2D eigenvalue weighted by atomic mass is 9.91. The van der Waals surface area contributed by atoms with Crippen LogP contribution < -0.4 is 5.32 Å². The van der Waals surface area contributed by atoms with Crippen LogP contribution in [-0.4, -0.2) is 36.1 Å². The summed E-state index contributed by atoms with van der Waals surface area (Å²) in [4.78, 5) is 14.4. The van der Waals surface area contributed by atoms with Crippen molar-refractivity contribution in [2.45, 2.75) is 58.3 Å². The highest BCUT2D eigenvalue weighted by Gasteiger charge is 2.31. The number of anilines is 1. The summed E-state index contributed by atoms with van der Waals surface area (Å²) in [5.41, 5.74) is 2.98. The van der Waals surface area contributed by atoms with E-state index in [1.165, 1.54) is 24.8 Å². The Morgan fingerprint density at radius 3 is 2.43 bits per heavy atom. The molecular formula is C23H29FN2O2. The Hall–Kier alpha value is -2.40. The normalized spacial score (nSPS) is 22.7. The van der Waals surface area contributed by atoms with Gasteiger partial charge in [0.05, 0.1) is 12.7 Å². The zero-order valence-electron chi connectivity index (χ0n) is 17.0. The van der Waals surface area contributed by atoms with Gasteiger partial charge in [-0.25, -0.2) is 9.18 Å². The SMILES string of the molecule is COC(=O)c1cc(F)cc(NC2C[C@@H](C)N(Cc3ccccc3)[C@H](C)C2)c1C. The summed E-state index contributed by atoms with van der Waals surface area (Å²) >= 11 is 0. The Morgan fingerprint density at radius 2 is 1.82 bits per heavy atom. The Kier molecular flexibility index (Phi) is 6.35. The Morgan fingerprint density at radius 1 is 1.18 bits per heavy atom. The fourth-order valence-electron chi connectivity index (χ4n) is 4.22. The van der Waals surface area contributed by atoms with Crippen molar-refractivity contribution >= 4 is 11.7 Å². The maximum Gasteiger partial charge on any atom is 0.338 e. The molecule has 28 heavy (non-hydrogen) atoms. The Balaban J connectivity index is 1.72. The maximum absolute atomic E-state index is 14.1. The van der Waals surface area contributed by atoms with Crippen molar-refractivity contribution in [1.82, 2.24) is 4.90 Å². The number of nitrogens with zero attached hydrogens (tertiary/aromatic N) is 1. The number of nitrogens with one attached hydrogen (secondary N) is 1. The number of likely N-dealkylation sites (tertiary alicyclic amines) is 1. The molecule has 1 aliphatic heterocycles. The molecule has 0 amide bonds. The zero-order valence-corrected chi connectivity index (χ0v) is 17.0. The van der Waals surface area contributed by atoms with Gasteiger partial charge in [-0.3, -0.25) is 4.90 Å². The molecule has 0 bridgehead atoms. The second kappa shape index (κ2) is 8.74. The third-order valence-corrected chi connectivity index (χ3v) is 5.73. The lowest BCUT2D eigenvalue weighted by Gasteiger charge is -2.43. The predicted molar refractivity (Wildman–Crippen MR) is 110 cm³/mol. The smallest absolute Gasteiger partial charge is 0.338 e. The van der Waals surface area contributed by atoms with E-state index in [1.807, 2.05) is 13.0 Å². The van der Waals surface area contributed by atoms with Gasteiger partial charge in [0.15, 0.2) is 0 Å². The van der Waals surface area contributed by atoms with Crippen LogP contribution in [0.4, 0.5) is 10.1 Å². The number of esters is 1. The first kappa shape index (κ1) is 20.3. The summed E-state index contributed by atoms with van der Waals surface area (Å²) in [5, 5.41) is 3.48. The second-order valence-electron chi connectivity index (χ2n) is 7.79. The summed E-state index contributed by atoms with van der Waals surface area (Å²) in [6.07, 6.45) is 1.92. The molecule has 3 rings (SSSR count). The predicted octanol–water partition coefficient (Wildman–Crippen LogP) is 4.77. The zero-order chi connectivity index (χ0) is 20.3. The summed E-state index contributed by atoms with van der Waals surface area (Å²) in [6, 6.07) is 14.2. The van der Waals surface area contributed by atoms with Gasteiger partial charge in [-0.05, 0) is 56.9 Å². The van der Waals surface area contributed by atoms with Crippen LogP contribution in [0.15, 0.2) is 42.5 Å². The van der Waals surface area contributed by atoms with Crippen molar-refractivity contribution in [1.29, 1.82) is 0 Å². The number of piperidine rings is 1. The van der Waals surface area contributed by atoms with Crippen LogP contribution >= 0.6 is 0 Å². The first-order valence-corrected chi connectivity index (χ1v) is 9.83. The van der Waals surface area contributed by atoms with E-state index in [9.17, 15) is 9.18 Å². The van der Waals surface area contributed by atoms with Gasteiger partial charge >= 0.3 is 5.97 Å². The fourth-order valence-corrected chi connectivity index (χ4v) is 4.22. The van der Waals surface area contributed by atoms with E-state index in [2.05, 4.69) is 48.3 Å². The van der Waals surface area contributed by atoms with Crippen molar-refractivity contribution in [3.05, 3.63) is 65.0 Å². The van der Waals surface area contributed by atoms with E-state index in [0.29, 0.717) is 17.8 Å². The molecular weight excluding hydrogens is 355 g/mol. The first-order chi connectivity index (χ1) is 13.4. The number of hydrogen-bond donors (Lipinski definition) is 1. The van der Waals surface area contributed by atoms with Crippen LogP contribution in [0, 0.1) is 12.7 Å².